The van der Waals surface area contributed by atoms with Crippen molar-refractivity contribution in [2.75, 3.05) is 7.11 Å². The van der Waals surface area contributed by atoms with Crippen molar-refractivity contribution in [3.05, 3.63) is 59.3 Å². The first-order chi connectivity index (χ1) is 11.1. The van der Waals surface area contributed by atoms with Crippen molar-refractivity contribution in [1.29, 1.82) is 0 Å². The van der Waals surface area contributed by atoms with Gasteiger partial charge in [0.25, 0.3) is 0 Å². The number of hydrogen-bond donors (Lipinski definition) is 0. The molecule has 1 aromatic heterocycles. The molecular formula is C18H17N3O2. The van der Waals surface area contributed by atoms with E-state index in [1.54, 1.807) is 11.8 Å². The van der Waals surface area contributed by atoms with Crippen LogP contribution in [0.2, 0.25) is 0 Å². The summed E-state index contributed by atoms with van der Waals surface area (Å²) in [6, 6.07) is 13.5. The van der Waals surface area contributed by atoms with Gasteiger partial charge in [-0.2, -0.15) is 0 Å². The van der Waals surface area contributed by atoms with Crippen LogP contribution in [0.5, 0.6) is 5.75 Å². The molecule has 0 aliphatic carbocycles. The SMILES string of the molecule is COc1cccc(-n2nnc(C=O)c2-c2ccc(C)c(C)c2)c1. The molecule has 5 nitrogen and oxygen atoms in total. The predicted octanol–water partition coefficient (Wildman–Crippen LogP) is 3.37. The summed E-state index contributed by atoms with van der Waals surface area (Å²) in [7, 11) is 1.61. The van der Waals surface area contributed by atoms with Crippen LogP contribution in [-0.2, 0) is 0 Å². The van der Waals surface area contributed by atoms with Gasteiger partial charge in [-0.3, -0.25) is 4.79 Å². The van der Waals surface area contributed by atoms with Gasteiger partial charge in [-0.05, 0) is 43.2 Å². The molecule has 3 aromatic rings. The van der Waals surface area contributed by atoms with E-state index in [1.807, 2.05) is 49.4 Å². The molecule has 0 atom stereocenters. The molecule has 23 heavy (non-hydrogen) atoms. The van der Waals surface area contributed by atoms with E-state index >= 15 is 0 Å². The number of ether oxygens (including phenoxy) is 1. The molecule has 0 aliphatic heterocycles. The van der Waals surface area contributed by atoms with Gasteiger partial charge in [0.05, 0.1) is 12.8 Å². The Hall–Kier alpha value is -2.95. The Morgan fingerprint density at radius 2 is 1.91 bits per heavy atom. The Balaban J connectivity index is 2.21. The molecule has 0 aliphatic rings. The topological polar surface area (TPSA) is 57.0 Å². The number of aldehydes is 1. The Morgan fingerprint density at radius 1 is 1.09 bits per heavy atom. The van der Waals surface area contributed by atoms with Gasteiger partial charge in [0, 0.05) is 11.6 Å². The summed E-state index contributed by atoms with van der Waals surface area (Å²) in [4.78, 5) is 11.4. The molecule has 0 bridgehead atoms. The first-order valence-electron chi connectivity index (χ1n) is 7.27. The van der Waals surface area contributed by atoms with Crippen LogP contribution in [0, 0.1) is 13.8 Å². The third kappa shape index (κ3) is 2.73. The van der Waals surface area contributed by atoms with Crippen molar-refractivity contribution in [3.8, 4) is 22.7 Å². The fourth-order valence-corrected chi connectivity index (χ4v) is 2.45. The van der Waals surface area contributed by atoms with Crippen molar-refractivity contribution in [1.82, 2.24) is 15.0 Å². The average molecular weight is 307 g/mol. The lowest BCUT2D eigenvalue weighted by Crippen LogP contribution is -2.01. The van der Waals surface area contributed by atoms with E-state index in [-0.39, 0.29) is 0 Å². The van der Waals surface area contributed by atoms with E-state index in [0.29, 0.717) is 11.4 Å². The van der Waals surface area contributed by atoms with Gasteiger partial charge in [-0.25, -0.2) is 4.68 Å². The van der Waals surface area contributed by atoms with Gasteiger partial charge in [0.1, 0.15) is 11.4 Å². The number of hydrogen-bond acceptors (Lipinski definition) is 4. The fraction of sp³-hybridized carbons (Fsp3) is 0.167. The molecule has 3 rings (SSSR count). The van der Waals surface area contributed by atoms with Gasteiger partial charge < -0.3 is 4.74 Å². The molecule has 0 N–H and O–H groups in total. The van der Waals surface area contributed by atoms with Gasteiger partial charge in [-0.1, -0.05) is 23.4 Å². The van der Waals surface area contributed by atoms with E-state index in [9.17, 15) is 4.79 Å². The molecular weight excluding hydrogens is 290 g/mol. The van der Waals surface area contributed by atoms with Crippen molar-refractivity contribution in [2.45, 2.75) is 13.8 Å². The molecule has 2 aromatic carbocycles. The summed E-state index contributed by atoms with van der Waals surface area (Å²) in [6.07, 6.45) is 0.730. The quantitative estimate of drug-likeness (QED) is 0.693. The lowest BCUT2D eigenvalue weighted by molar-refractivity contribution is 0.111. The van der Waals surface area contributed by atoms with E-state index in [4.69, 9.17) is 4.74 Å². The number of rotatable bonds is 4. The molecule has 0 unspecified atom stereocenters. The van der Waals surface area contributed by atoms with Crippen LogP contribution in [0.3, 0.4) is 0 Å². The number of aromatic nitrogens is 3. The third-order valence-corrected chi connectivity index (χ3v) is 3.89. The zero-order valence-electron chi connectivity index (χ0n) is 13.3. The maximum absolute atomic E-state index is 11.4. The molecule has 0 amide bonds. The number of benzene rings is 2. The molecule has 5 heteroatoms. The lowest BCUT2D eigenvalue weighted by atomic mass is 10.0. The van der Waals surface area contributed by atoms with Crippen LogP contribution in [0.1, 0.15) is 21.6 Å². The Morgan fingerprint density at radius 3 is 2.61 bits per heavy atom. The standard InChI is InChI=1S/C18H17N3O2/c1-12-7-8-14(9-13(12)2)18-17(11-22)19-20-21(18)15-5-4-6-16(10-15)23-3/h4-11H,1-3H3. The Kier molecular flexibility index (Phi) is 3.93. The van der Waals surface area contributed by atoms with Crippen LogP contribution < -0.4 is 4.74 Å². The highest BCUT2D eigenvalue weighted by atomic mass is 16.5. The molecule has 116 valence electrons. The molecule has 0 saturated heterocycles. The molecule has 0 spiro atoms. The van der Waals surface area contributed by atoms with Crippen LogP contribution in [0.25, 0.3) is 16.9 Å². The van der Waals surface area contributed by atoms with Gasteiger partial charge in [-0.15, -0.1) is 5.10 Å². The summed E-state index contributed by atoms with van der Waals surface area (Å²) in [5, 5.41) is 8.14. The first-order valence-corrected chi connectivity index (χ1v) is 7.27. The first kappa shape index (κ1) is 15.0. The average Bonchev–Trinajstić information content (AvgIpc) is 3.01. The molecule has 0 saturated carbocycles. The lowest BCUT2D eigenvalue weighted by Gasteiger charge is -2.10. The van der Waals surface area contributed by atoms with E-state index in [0.717, 1.165) is 28.8 Å². The summed E-state index contributed by atoms with van der Waals surface area (Å²) in [5.74, 6) is 0.719. The van der Waals surface area contributed by atoms with Crippen molar-refractivity contribution in [2.24, 2.45) is 0 Å². The zero-order chi connectivity index (χ0) is 16.4. The van der Waals surface area contributed by atoms with Gasteiger partial charge in [0.2, 0.25) is 0 Å². The number of aryl methyl sites for hydroxylation is 2. The maximum Gasteiger partial charge on any atom is 0.172 e. The van der Waals surface area contributed by atoms with Crippen molar-refractivity contribution in [3.63, 3.8) is 0 Å². The van der Waals surface area contributed by atoms with E-state index in [2.05, 4.69) is 17.2 Å². The summed E-state index contributed by atoms with van der Waals surface area (Å²) in [5.41, 5.74) is 5.04. The highest BCUT2D eigenvalue weighted by Crippen LogP contribution is 2.27. The number of carbonyl (C=O) groups excluding carboxylic acids is 1. The Labute approximate surface area is 134 Å². The second kappa shape index (κ2) is 6.04. The largest absolute Gasteiger partial charge is 0.497 e. The van der Waals surface area contributed by atoms with Crippen LogP contribution in [0.15, 0.2) is 42.5 Å². The van der Waals surface area contributed by atoms with Crippen LogP contribution in [0.4, 0.5) is 0 Å². The fourth-order valence-electron chi connectivity index (χ4n) is 2.45. The second-order valence-corrected chi connectivity index (χ2v) is 5.35. The number of carbonyl (C=O) groups is 1. The van der Waals surface area contributed by atoms with Crippen molar-refractivity contribution < 1.29 is 9.53 Å². The minimum absolute atomic E-state index is 0.316. The predicted molar refractivity (Wildman–Crippen MR) is 88.2 cm³/mol. The highest BCUT2D eigenvalue weighted by molar-refractivity contribution is 5.84. The minimum atomic E-state index is 0.316. The minimum Gasteiger partial charge on any atom is -0.497 e. The normalized spacial score (nSPS) is 10.6. The number of methoxy groups -OCH3 is 1. The van der Waals surface area contributed by atoms with Gasteiger partial charge in [0.15, 0.2) is 12.0 Å². The van der Waals surface area contributed by atoms with Gasteiger partial charge >= 0.3 is 0 Å². The van der Waals surface area contributed by atoms with E-state index in [1.165, 1.54) is 5.56 Å². The van der Waals surface area contributed by atoms with E-state index < -0.39 is 0 Å². The molecule has 0 fully saturated rings. The van der Waals surface area contributed by atoms with Crippen molar-refractivity contribution >= 4 is 6.29 Å². The van der Waals surface area contributed by atoms with Crippen LogP contribution in [-0.4, -0.2) is 28.4 Å². The third-order valence-electron chi connectivity index (χ3n) is 3.89. The zero-order valence-corrected chi connectivity index (χ0v) is 13.3. The highest BCUT2D eigenvalue weighted by Gasteiger charge is 2.16. The summed E-state index contributed by atoms with van der Waals surface area (Å²) >= 11 is 0. The summed E-state index contributed by atoms with van der Waals surface area (Å²) < 4.78 is 6.92. The second-order valence-electron chi connectivity index (χ2n) is 5.35. The summed E-state index contributed by atoms with van der Waals surface area (Å²) in [6.45, 7) is 4.09. The number of nitrogens with zero attached hydrogens (tertiary/aromatic N) is 3. The maximum atomic E-state index is 11.4. The molecule has 0 radical (unpaired) electrons. The van der Waals surface area contributed by atoms with Crippen LogP contribution >= 0.6 is 0 Å². The molecule has 1 heterocycles. The smallest absolute Gasteiger partial charge is 0.172 e. The Bertz CT molecular complexity index is 868. The monoisotopic (exact) mass is 307 g/mol.